The Morgan fingerprint density at radius 2 is 1.79 bits per heavy atom. The highest BCUT2D eigenvalue weighted by molar-refractivity contribution is 5.78. The van der Waals surface area contributed by atoms with Crippen LogP contribution in [0.5, 0.6) is 0 Å². The molecule has 0 bridgehead atoms. The van der Waals surface area contributed by atoms with Crippen LogP contribution in [-0.2, 0) is 9.59 Å². The minimum absolute atomic E-state index is 0.0560. The van der Waals surface area contributed by atoms with E-state index >= 15 is 0 Å². The maximum atomic E-state index is 12.1. The number of carbonyl (C=O) groups is 2. The molecule has 0 N–H and O–H groups in total. The van der Waals surface area contributed by atoms with Crippen molar-refractivity contribution in [3.05, 3.63) is 0 Å². The first kappa shape index (κ1) is 16.0. The molecule has 19 heavy (non-hydrogen) atoms. The summed E-state index contributed by atoms with van der Waals surface area (Å²) in [5, 5.41) is 0. The number of hydrogen-bond acceptors (Lipinski definition) is 3. The minimum Gasteiger partial charge on any atom is -0.340 e. The van der Waals surface area contributed by atoms with E-state index in [0.717, 1.165) is 32.6 Å². The number of carbonyl (C=O) groups excluding carboxylic acids is 2. The van der Waals surface area contributed by atoms with Gasteiger partial charge in [-0.15, -0.1) is 0 Å². The molecule has 1 fully saturated rings. The Balaban J connectivity index is 2.41. The van der Waals surface area contributed by atoms with Crippen molar-refractivity contribution in [2.75, 3.05) is 39.8 Å². The van der Waals surface area contributed by atoms with Gasteiger partial charge in [-0.05, 0) is 20.4 Å². The van der Waals surface area contributed by atoms with Crippen LogP contribution in [0.1, 0.15) is 33.6 Å². The van der Waals surface area contributed by atoms with Crippen molar-refractivity contribution in [3.63, 3.8) is 0 Å². The third-order valence-electron chi connectivity index (χ3n) is 3.95. The molecule has 0 aliphatic carbocycles. The van der Waals surface area contributed by atoms with Gasteiger partial charge in [-0.2, -0.15) is 0 Å². The van der Waals surface area contributed by atoms with E-state index in [4.69, 9.17) is 0 Å². The second kappa shape index (κ2) is 7.48. The molecule has 0 radical (unpaired) electrons. The van der Waals surface area contributed by atoms with E-state index in [1.165, 1.54) is 0 Å². The Morgan fingerprint density at radius 3 is 2.26 bits per heavy atom. The number of rotatable bonds is 5. The molecule has 5 heteroatoms. The normalized spacial score (nSPS) is 18.2. The second-order valence-electron chi connectivity index (χ2n) is 5.40. The molecule has 1 aliphatic rings. The summed E-state index contributed by atoms with van der Waals surface area (Å²) in [7, 11) is 2.07. The number of nitrogens with zero attached hydrogens (tertiary/aromatic N) is 3. The Hall–Kier alpha value is -1.10. The Bertz CT molecular complexity index is 312. The summed E-state index contributed by atoms with van der Waals surface area (Å²) >= 11 is 0. The van der Waals surface area contributed by atoms with Crippen LogP contribution in [0, 0.1) is 0 Å². The van der Waals surface area contributed by atoms with E-state index in [-0.39, 0.29) is 17.9 Å². The molecular formula is C14H27N3O2. The smallest absolute Gasteiger partial charge is 0.224 e. The van der Waals surface area contributed by atoms with Crippen LogP contribution in [0.15, 0.2) is 0 Å². The molecule has 1 saturated heterocycles. The number of hydrogen-bond donors (Lipinski definition) is 0. The summed E-state index contributed by atoms with van der Waals surface area (Å²) in [6.07, 6.45) is 1.36. The highest BCUT2D eigenvalue weighted by Gasteiger charge is 2.21. The van der Waals surface area contributed by atoms with Gasteiger partial charge in [0, 0.05) is 52.1 Å². The predicted octanol–water partition coefficient (Wildman–Crippen LogP) is 0.798. The van der Waals surface area contributed by atoms with Gasteiger partial charge in [0.05, 0.1) is 0 Å². The summed E-state index contributed by atoms with van der Waals surface area (Å²) in [6.45, 7) is 9.69. The summed E-state index contributed by atoms with van der Waals surface area (Å²) < 4.78 is 0. The fourth-order valence-electron chi connectivity index (χ4n) is 2.34. The Kier molecular flexibility index (Phi) is 6.28. The lowest BCUT2D eigenvalue weighted by molar-refractivity contribution is -0.135. The number of likely N-dealkylation sites (N-methyl/N-ethyl adjacent to an activating group) is 1. The fourth-order valence-corrected chi connectivity index (χ4v) is 2.34. The van der Waals surface area contributed by atoms with Gasteiger partial charge in [-0.3, -0.25) is 9.59 Å². The van der Waals surface area contributed by atoms with E-state index in [1.54, 1.807) is 11.8 Å². The van der Waals surface area contributed by atoms with Gasteiger partial charge in [-0.1, -0.05) is 6.92 Å². The molecule has 110 valence electrons. The molecule has 2 amide bonds. The molecule has 0 aromatic heterocycles. The lowest BCUT2D eigenvalue weighted by Gasteiger charge is -2.33. The zero-order valence-electron chi connectivity index (χ0n) is 12.7. The van der Waals surface area contributed by atoms with Gasteiger partial charge < -0.3 is 14.7 Å². The first-order valence-corrected chi connectivity index (χ1v) is 7.19. The topological polar surface area (TPSA) is 43.9 Å². The molecule has 0 saturated carbocycles. The summed E-state index contributed by atoms with van der Waals surface area (Å²) in [4.78, 5) is 29.6. The Labute approximate surface area is 116 Å². The van der Waals surface area contributed by atoms with Crippen LogP contribution in [0.4, 0.5) is 0 Å². The van der Waals surface area contributed by atoms with Crippen molar-refractivity contribution in [1.82, 2.24) is 14.7 Å². The van der Waals surface area contributed by atoms with Crippen LogP contribution in [-0.4, -0.2) is 72.3 Å². The maximum absolute atomic E-state index is 12.1. The lowest BCUT2D eigenvalue weighted by Crippen LogP contribution is -2.48. The van der Waals surface area contributed by atoms with Crippen LogP contribution in [0.2, 0.25) is 0 Å². The minimum atomic E-state index is 0.0560. The van der Waals surface area contributed by atoms with Crippen molar-refractivity contribution in [2.24, 2.45) is 0 Å². The van der Waals surface area contributed by atoms with Gasteiger partial charge >= 0.3 is 0 Å². The van der Waals surface area contributed by atoms with Crippen LogP contribution >= 0.6 is 0 Å². The average Bonchev–Trinajstić information content (AvgIpc) is 2.38. The number of amides is 2. The predicted molar refractivity (Wildman–Crippen MR) is 75.8 cm³/mol. The first-order valence-electron chi connectivity index (χ1n) is 7.19. The first-order chi connectivity index (χ1) is 8.95. The standard InChI is InChI=1S/C14H27N3O2/c1-5-12(2)17(13(3)18)7-6-14(19)16-10-8-15(4)9-11-16/h12H,5-11H2,1-4H3. The van der Waals surface area contributed by atoms with Gasteiger partial charge in [0.2, 0.25) is 11.8 Å². The average molecular weight is 269 g/mol. The largest absolute Gasteiger partial charge is 0.340 e. The molecule has 1 aliphatic heterocycles. The molecule has 1 unspecified atom stereocenters. The van der Waals surface area contributed by atoms with Crippen molar-refractivity contribution < 1.29 is 9.59 Å². The van der Waals surface area contributed by atoms with Gasteiger partial charge in [-0.25, -0.2) is 0 Å². The molecule has 1 atom stereocenters. The summed E-state index contributed by atoms with van der Waals surface area (Å²) in [6, 6.07) is 0.206. The van der Waals surface area contributed by atoms with Gasteiger partial charge in [0.1, 0.15) is 0 Å². The molecule has 1 heterocycles. The van der Waals surface area contributed by atoms with E-state index < -0.39 is 0 Å². The summed E-state index contributed by atoms with van der Waals surface area (Å²) in [5.41, 5.74) is 0. The quantitative estimate of drug-likeness (QED) is 0.741. The summed E-state index contributed by atoms with van der Waals surface area (Å²) in [5.74, 6) is 0.225. The Morgan fingerprint density at radius 1 is 1.21 bits per heavy atom. The molecule has 0 spiro atoms. The van der Waals surface area contributed by atoms with Crippen LogP contribution in [0.3, 0.4) is 0 Å². The van der Waals surface area contributed by atoms with E-state index in [9.17, 15) is 9.59 Å². The van der Waals surface area contributed by atoms with Gasteiger partial charge in [0.15, 0.2) is 0 Å². The molecular weight excluding hydrogens is 242 g/mol. The highest BCUT2D eigenvalue weighted by atomic mass is 16.2. The van der Waals surface area contributed by atoms with E-state index in [1.807, 2.05) is 11.8 Å². The lowest BCUT2D eigenvalue weighted by atomic mass is 10.2. The number of piperazine rings is 1. The second-order valence-corrected chi connectivity index (χ2v) is 5.40. The van der Waals surface area contributed by atoms with Crippen molar-refractivity contribution in [3.8, 4) is 0 Å². The third-order valence-corrected chi connectivity index (χ3v) is 3.95. The van der Waals surface area contributed by atoms with Crippen molar-refractivity contribution in [1.29, 1.82) is 0 Å². The maximum Gasteiger partial charge on any atom is 0.224 e. The molecule has 0 aromatic rings. The SMILES string of the molecule is CCC(C)N(CCC(=O)N1CCN(C)CC1)C(C)=O. The van der Waals surface area contributed by atoms with E-state index in [2.05, 4.69) is 18.9 Å². The molecule has 5 nitrogen and oxygen atoms in total. The molecule has 0 aromatic carbocycles. The third kappa shape index (κ3) is 4.82. The van der Waals surface area contributed by atoms with Crippen molar-refractivity contribution >= 4 is 11.8 Å². The highest BCUT2D eigenvalue weighted by Crippen LogP contribution is 2.07. The fraction of sp³-hybridized carbons (Fsp3) is 0.857. The zero-order chi connectivity index (χ0) is 14.4. The van der Waals surface area contributed by atoms with Crippen molar-refractivity contribution in [2.45, 2.75) is 39.7 Å². The van der Waals surface area contributed by atoms with Crippen LogP contribution in [0.25, 0.3) is 0 Å². The van der Waals surface area contributed by atoms with Crippen LogP contribution < -0.4 is 0 Å². The van der Waals surface area contributed by atoms with E-state index in [0.29, 0.717) is 13.0 Å². The van der Waals surface area contributed by atoms with Gasteiger partial charge in [0.25, 0.3) is 0 Å². The molecule has 1 rings (SSSR count). The zero-order valence-corrected chi connectivity index (χ0v) is 12.7. The monoisotopic (exact) mass is 269 g/mol.